The molecule has 0 aromatic heterocycles. The Hall–Kier alpha value is -2.34. The van der Waals surface area contributed by atoms with Gasteiger partial charge in [0.05, 0.1) is 11.9 Å². The fourth-order valence-electron chi connectivity index (χ4n) is 2.72. The van der Waals surface area contributed by atoms with Gasteiger partial charge in [0.25, 0.3) is 0 Å². The summed E-state index contributed by atoms with van der Waals surface area (Å²) in [5, 5.41) is 2.84. The van der Waals surface area contributed by atoms with Crippen molar-refractivity contribution in [3.63, 3.8) is 0 Å². The number of nitrogens with zero attached hydrogens (tertiary/aromatic N) is 1. The number of amides is 1. The molecule has 140 valence electrons. The first-order chi connectivity index (χ1) is 12.3. The summed E-state index contributed by atoms with van der Waals surface area (Å²) in [6.07, 6.45) is 2.00. The lowest BCUT2D eigenvalue weighted by Gasteiger charge is -2.24. The molecule has 2 aromatic rings. The quantitative estimate of drug-likeness (QED) is 0.772. The summed E-state index contributed by atoms with van der Waals surface area (Å²) in [6.45, 7) is 4.54. The highest BCUT2D eigenvalue weighted by Crippen LogP contribution is 2.23. The van der Waals surface area contributed by atoms with Gasteiger partial charge < -0.3 is 5.32 Å². The van der Waals surface area contributed by atoms with E-state index in [1.165, 1.54) is 16.1 Å². The lowest BCUT2D eigenvalue weighted by molar-refractivity contribution is -0.121. The van der Waals surface area contributed by atoms with Crippen LogP contribution < -0.4 is 9.62 Å². The zero-order valence-corrected chi connectivity index (χ0v) is 16.3. The van der Waals surface area contributed by atoms with E-state index in [-0.39, 0.29) is 18.9 Å². The van der Waals surface area contributed by atoms with Crippen molar-refractivity contribution in [2.75, 3.05) is 17.1 Å². The Morgan fingerprint density at radius 3 is 2.35 bits per heavy atom. The third-order valence-electron chi connectivity index (χ3n) is 4.19. The number of carbonyl (C=O) groups excluding carboxylic acids is 1. The number of anilines is 1. The molecule has 0 radical (unpaired) electrons. The van der Waals surface area contributed by atoms with Gasteiger partial charge in [0.15, 0.2) is 0 Å². The van der Waals surface area contributed by atoms with Crippen molar-refractivity contribution in [1.29, 1.82) is 0 Å². The Morgan fingerprint density at radius 1 is 1.08 bits per heavy atom. The van der Waals surface area contributed by atoms with Crippen molar-refractivity contribution in [2.45, 2.75) is 33.2 Å². The van der Waals surface area contributed by atoms with E-state index >= 15 is 0 Å². The topological polar surface area (TPSA) is 66.5 Å². The smallest absolute Gasteiger partial charge is 0.232 e. The maximum Gasteiger partial charge on any atom is 0.232 e. The van der Waals surface area contributed by atoms with Crippen molar-refractivity contribution in [3.05, 3.63) is 65.2 Å². The average molecular weight is 375 g/mol. The van der Waals surface area contributed by atoms with E-state index < -0.39 is 10.0 Å². The van der Waals surface area contributed by atoms with E-state index in [0.717, 1.165) is 17.5 Å². The van der Waals surface area contributed by atoms with Crippen molar-refractivity contribution in [1.82, 2.24) is 5.32 Å². The molecule has 0 aliphatic carbocycles. The van der Waals surface area contributed by atoms with Crippen molar-refractivity contribution >= 4 is 21.6 Å². The summed E-state index contributed by atoms with van der Waals surface area (Å²) >= 11 is 0. The van der Waals surface area contributed by atoms with Gasteiger partial charge in [-0.15, -0.1) is 0 Å². The van der Waals surface area contributed by atoms with Crippen LogP contribution in [-0.4, -0.2) is 27.1 Å². The van der Waals surface area contributed by atoms with E-state index in [2.05, 4.69) is 5.32 Å². The number of para-hydroxylation sites is 1. The van der Waals surface area contributed by atoms with Gasteiger partial charge in [-0.2, -0.15) is 0 Å². The van der Waals surface area contributed by atoms with Crippen LogP contribution in [-0.2, 0) is 27.8 Å². The van der Waals surface area contributed by atoms with Gasteiger partial charge in [-0.05, 0) is 30.5 Å². The fraction of sp³-hybridized carbons (Fsp3) is 0.350. The summed E-state index contributed by atoms with van der Waals surface area (Å²) in [7, 11) is -3.46. The molecule has 1 N–H and O–H groups in total. The molecule has 1 amide bonds. The van der Waals surface area contributed by atoms with Gasteiger partial charge in [-0.1, -0.05) is 55.0 Å². The predicted octanol–water partition coefficient (Wildman–Crippen LogP) is 3.03. The number of carbonyl (C=O) groups is 1. The third kappa shape index (κ3) is 5.59. The number of nitrogens with one attached hydrogen (secondary N) is 1. The summed E-state index contributed by atoms with van der Waals surface area (Å²) in [5.74, 6) is -0.173. The fourth-order valence-corrected chi connectivity index (χ4v) is 3.67. The lowest BCUT2D eigenvalue weighted by atomic mass is 10.1. The van der Waals surface area contributed by atoms with Crippen LogP contribution in [0.2, 0.25) is 0 Å². The normalized spacial score (nSPS) is 11.2. The highest BCUT2D eigenvalue weighted by Gasteiger charge is 2.20. The van der Waals surface area contributed by atoms with Crippen LogP contribution in [0.1, 0.15) is 30.0 Å². The van der Waals surface area contributed by atoms with E-state index in [9.17, 15) is 13.2 Å². The van der Waals surface area contributed by atoms with Crippen molar-refractivity contribution < 1.29 is 13.2 Å². The van der Waals surface area contributed by atoms with Crippen LogP contribution in [0.25, 0.3) is 0 Å². The molecule has 6 heteroatoms. The Balaban J connectivity index is 2.01. The summed E-state index contributed by atoms with van der Waals surface area (Å²) in [6, 6.07) is 15.3. The molecule has 0 unspecified atom stereocenters. The molecule has 0 fully saturated rings. The summed E-state index contributed by atoms with van der Waals surface area (Å²) in [5.41, 5.74) is 3.76. The molecule has 0 heterocycles. The molecule has 2 aromatic carbocycles. The Bertz CT molecular complexity index is 846. The molecule has 2 rings (SSSR count). The zero-order valence-electron chi connectivity index (χ0n) is 15.5. The average Bonchev–Trinajstić information content (AvgIpc) is 2.60. The Morgan fingerprint density at radius 2 is 1.73 bits per heavy atom. The minimum absolute atomic E-state index is 0.108. The van der Waals surface area contributed by atoms with Gasteiger partial charge in [-0.25, -0.2) is 8.42 Å². The second-order valence-electron chi connectivity index (χ2n) is 6.33. The first kappa shape index (κ1) is 20.0. The van der Waals surface area contributed by atoms with E-state index in [0.29, 0.717) is 12.2 Å². The standard InChI is InChI=1S/C20H26N2O3S/c1-4-18-7-5-6-8-19(18)22(26(3,24)25)14-13-20(23)21-15-17-11-9-16(2)10-12-17/h5-12H,4,13-15H2,1-3H3,(H,21,23). The van der Waals surface area contributed by atoms with E-state index in [1.54, 1.807) is 6.07 Å². The molecule has 0 bridgehead atoms. The monoisotopic (exact) mass is 374 g/mol. The van der Waals surface area contributed by atoms with Crippen LogP contribution in [0.4, 0.5) is 5.69 Å². The molecule has 26 heavy (non-hydrogen) atoms. The first-order valence-electron chi connectivity index (χ1n) is 8.69. The molecule has 5 nitrogen and oxygen atoms in total. The SMILES string of the molecule is CCc1ccccc1N(CCC(=O)NCc1ccc(C)cc1)S(C)(=O)=O. The van der Waals surface area contributed by atoms with Crippen molar-refractivity contribution in [2.24, 2.45) is 0 Å². The van der Waals surface area contributed by atoms with E-state index in [4.69, 9.17) is 0 Å². The maximum absolute atomic E-state index is 12.2. The number of sulfonamides is 1. The minimum Gasteiger partial charge on any atom is -0.352 e. The summed E-state index contributed by atoms with van der Waals surface area (Å²) in [4.78, 5) is 12.2. The van der Waals surface area contributed by atoms with Gasteiger partial charge in [-0.3, -0.25) is 9.10 Å². The van der Waals surface area contributed by atoms with Gasteiger partial charge in [0.1, 0.15) is 0 Å². The van der Waals surface area contributed by atoms with Crippen LogP contribution >= 0.6 is 0 Å². The molecule has 0 aliphatic rings. The third-order valence-corrected chi connectivity index (χ3v) is 5.37. The second-order valence-corrected chi connectivity index (χ2v) is 8.24. The molecule has 0 aliphatic heterocycles. The summed E-state index contributed by atoms with van der Waals surface area (Å²) < 4.78 is 25.8. The number of hydrogen-bond donors (Lipinski definition) is 1. The minimum atomic E-state index is -3.46. The van der Waals surface area contributed by atoms with Gasteiger partial charge in [0.2, 0.25) is 15.9 Å². The van der Waals surface area contributed by atoms with Gasteiger partial charge in [0, 0.05) is 19.5 Å². The zero-order chi connectivity index (χ0) is 19.2. The Kier molecular flexibility index (Phi) is 6.80. The lowest BCUT2D eigenvalue weighted by Crippen LogP contribution is -2.35. The van der Waals surface area contributed by atoms with Crippen molar-refractivity contribution in [3.8, 4) is 0 Å². The highest BCUT2D eigenvalue weighted by molar-refractivity contribution is 7.92. The predicted molar refractivity (Wildman–Crippen MR) is 106 cm³/mol. The molecular formula is C20H26N2O3S. The molecule has 0 saturated carbocycles. The first-order valence-corrected chi connectivity index (χ1v) is 10.5. The number of rotatable bonds is 8. The number of hydrogen-bond acceptors (Lipinski definition) is 3. The largest absolute Gasteiger partial charge is 0.352 e. The Labute approximate surface area is 156 Å². The van der Waals surface area contributed by atoms with Crippen LogP contribution in [0.5, 0.6) is 0 Å². The maximum atomic E-state index is 12.2. The second kappa shape index (κ2) is 8.85. The van der Waals surface area contributed by atoms with E-state index in [1.807, 2.05) is 56.3 Å². The van der Waals surface area contributed by atoms with Crippen LogP contribution in [0.15, 0.2) is 48.5 Å². The molecular weight excluding hydrogens is 348 g/mol. The molecule has 0 atom stereocenters. The highest BCUT2D eigenvalue weighted by atomic mass is 32.2. The number of benzene rings is 2. The number of aryl methyl sites for hydroxylation is 2. The molecule has 0 saturated heterocycles. The molecule has 0 spiro atoms. The van der Waals surface area contributed by atoms with Crippen LogP contribution in [0, 0.1) is 6.92 Å². The van der Waals surface area contributed by atoms with Gasteiger partial charge >= 0.3 is 0 Å². The van der Waals surface area contributed by atoms with Crippen LogP contribution in [0.3, 0.4) is 0 Å².